The fraction of sp³-hybridized carbons (Fsp3) is 0.273. The molecule has 0 aliphatic carbocycles. The first-order valence-electron chi connectivity index (χ1n) is 9.68. The first-order chi connectivity index (χ1) is 14.4. The van der Waals surface area contributed by atoms with E-state index in [4.69, 9.17) is 4.74 Å². The van der Waals surface area contributed by atoms with Crippen molar-refractivity contribution in [2.24, 2.45) is 0 Å². The van der Waals surface area contributed by atoms with E-state index in [9.17, 15) is 19.2 Å². The molecule has 8 nitrogen and oxygen atoms in total. The van der Waals surface area contributed by atoms with Crippen LogP contribution >= 0.6 is 0 Å². The fourth-order valence-electron chi connectivity index (χ4n) is 3.44. The maximum atomic E-state index is 13.1. The SMILES string of the molecule is CCOC(=O)c1ccccc1NC(=O)CN1C(=O)NC(CC)(c2ccccc2)C1=O. The first-order valence-corrected chi connectivity index (χ1v) is 9.68. The van der Waals surface area contributed by atoms with E-state index in [-0.39, 0.29) is 17.9 Å². The standard InChI is InChI=1S/C22H23N3O5/c1-3-22(15-10-6-5-7-11-15)20(28)25(21(29)24-22)14-18(26)23-17-13-9-8-12-16(17)19(27)30-4-2/h5-13H,3-4,14H2,1-2H3,(H,23,26)(H,24,29). The monoisotopic (exact) mass is 409 g/mol. The Bertz CT molecular complexity index is 976. The van der Waals surface area contributed by atoms with E-state index in [1.54, 1.807) is 56.3 Å². The number of esters is 1. The highest BCUT2D eigenvalue weighted by Gasteiger charge is 2.51. The molecule has 2 aromatic carbocycles. The summed E-state index contributed by atoms with van der Waals surface area (Å²) in [5.74, 6) is -1.66. The van der Waals surface area contributed by atoms with Crippen molar-refractivity contribution in [3.8, 4) is 0 Å². The van der Waals surface area contributed by atoms with Crippen molar-refractivity contribution in [1.82, 2.24) is 10.2 Å². The highest BCUT2D eigenvalue weighted by molar-refractivity contribution is 6.11. The second-order valence-corrected chi connectivity index (χ2v) is 6.76. The molecule has 1 aliphatic heterocycles. The summed E-state index contributed by atoms with van der Waals surface area (Å²) in [4.78, 5) is 51.2. The third-order valence-electron chi connectivity index (χ3n) is 4.97. The smallest absolute Gasteiger partial charge is 0.340 e. The number of nitrogens with one attached hydrogen (secondary N) is 2. The Balaban J connectivity index is 1.78. The molecule has 156 valence electrons. The minimum atomic E-state index is -1.21. The van der Waals surface area contributed by atoms with E-state index in [0.717, 1.165) is 4.90 Å². The molecule has 0 aromatic heterocycles. The molecule has 1 saturated heterocycles. The van der Waals surface area contributed by atoms with E-state index >= 15 is 0 Å². The molecule has 1 unspecified atom stereocenters. The highest BCUT2D eigenvalue weighted by atomic mass is 16.5. The number of rotatable bonds is 7. The van der Waals surface area contributed by atoms with Crippen LogP contribution in [0.4, 0.5) is 10.5 Å². The van der Waals surface area contributed by atoms with Crippen molar-refractivity contribution in [2.45, 2.75) is 25.8 Å². The van der Waals surface area contributed by atoms with Gasteiger partial charge in [0.15, 0.2) is 0 Å². The van der Waals surface area contributed by atoms with Crippen LogP contribution in [0.3, 0.4) is 0 Å². The van der Waals surface area contributed by atoms with Crippen LogP contribution in [0, 0.1) is 0 Å². The van der Waals surface area contributed by atoms with E-state index in [1.165, 1.54) is 6.07 Å². The number of hydrogen-bond acceptors (Lipinski definition) is 5. The lowest BCUT2D eigenvalue weighted by Gasteiger charge is -2.25. The van der Waals surface area contributed by atoms with E-state index in [2.05, 4.69) is 10.6 Å². The maximum absolute atomic E-state index is 13.1. The number of carbonyl (C=O) groups is 4. The number of urea groups is 1. The van der Waals surface area contributed by atoms with Crippen molar-refractivity contribution in [3.63, 3.8) is 0 Å². The zero-order valence-electron chi connectivity index (χ0n) is 16.8. The molecule has 4 amide bonds. The predicted octanol–water partition coefficient (Wildman–Crippen LogP) is 2.66. The van der Waals surface area contributed by atoms with Crippen LogP contribution < -0.4 is 10.6 Å². The lowest BCUT2D eigenvalue weighted by Crippen LogP contribution is -2.44. The van der Waals surface area contributed by atoms with Crippen LogP contribution in [-0.4, -0.2) is 41.9 Å². The zero-order chi connectivity index (χ0) is 21.7. The van der Waals surface area contributed by atoms with Crippen molar-refractivity contribution in [1.29, 1.82) is 0 Å². The molecule has 0 bridgehead atoms. The number of ether oxygens (including phenoxy) is 1. The molecule has 3 rings (SSSR count). The molecular weight excluding hydrogens is 386 g/mol. The first kappa shape index (κ1) is 21.0. The minimum Gasteiger partial charge on any atom is -0.462 e. The van der Waals surface area contributed by atoms with Gasteiger partial charge in [0.1, 0.15) is 12.1 Å². The van der Waals surface area contributed by atoms with E-state index < -0.39 is 35.9 Å². The summed E-state index contributed by atoms with van der Waals surface area (Å²) in [5, 5.41) is 5.32. The third-order valence-corrected chi connectivity index (χ3v) is 4.97. The predicted molar refractivity (Wildman–Crippen MR) is 110 cm³/mol. The average molecular weight is 409 g/mol. The minimum absolute atomic E-state index is 0.192. The van der Waals surface area contributed by atoms with Crippen molar-refractivity contribution < 1.29 is 23.9 Å². The number of nitrogens with zero attached hydrogens (tertiary/aromatic N) is 1. The van der Waals surface area contributed by atoms with Gasteiger partial charge in [0.25, 0.3) is 5.91 Å². The molecule has 1 aliphatic rings. The summed E-state index contributed by atoms with van der Waals surface area (Å²) < 4.78 is 4.99. The van der Waals surface area contributed by atoms with Gasteiger partial charge in [-0.25, -0.2) is 9.59 Å². The average Bonchev–Trinajstić information content (AvgIpc) is 3.00. The Morgan fingerprint density at radius 3 is 2.37 bits per heavy atom. The molecule has 0 spiro atoms. The Morgan fingerprint density at radius 1 is 1.03 bits per heavy atom. The second-order valence-electron chi connectivity index (χ2n) is 6.76. The van der Waals surface area contributed by atoms with Crippen molar-refractivity contribution in [2.75, 3.05) is 18.5 Å². The number of imide groups is 1. The fourth-order valence-corrected chi connectivity index (χ4v) is 3.44. The van der Waals surface area contributed by atoms with Crippen molar-refractivity contribution >= 4 is 29.5 Å². The number of benzene rings is 2. The molecule has 1 atom stereocenters. The second kappa shape index (κ2) is 8.77. The summed E-state index contributed by atoms with van der Waals surface area (Å²) in [5.41, 5.74) is -0.113. The molecule has 2 N–H and O–H groups in total. The van der Waals surface area contributed by atoms with Crippen LogP contribution in [0.2, 0.25) is 0 Å². The molecular formula is C22H23N3O5. The number of carbonyl (C=O) groups excluding carboxylic acids is 4. The summed E-state index contributed by atoms with van der Waals surface area (Å²) in [7, 11) is 0. The van der Waals surface area contributed by atoms with Crippen molar-refractivity contribution in [3.05, 3.63) is 65.7 Å². The highest BCUT2D eigenvalue weighted by Crippen LogP contribution is 2.32. The molecule has 1 fully saturated rings. The van der Waals surface area contributed by atoms with E-state index in [0.29, 0.717) is 12.0 Å². The number of anilines is 1. The Morgan fingerprint density at radius 2 is 1.70 bits per heavy atom. The molecule has 0 radical (unpaired) electrons. The Labute approximate surface area is 174 Å². The Kier molecular flexibility index (Phi) is 6.15. The molecule has 30 heavy (non-hydrogen) atoms. The summed E-state index contributed by atoms with van der Waals surface area (Å²) in [6, 6.07) is 14.7. The van der Waals surface area contributed by atoms with Gasteiger partial charge in [-0.05, 0) is 31.0 Å². The molecule has 8 heteroatoms. The quantitative estimate of drug-likeness (QED) is 0.540. The van der Waals surface area contributed by atoms with Gasteiger partial charge in [-0.15, -0.1) is 0 Å². The zero-order valence-corrected chi connectivity index (χ0v) is 16.8. The number of amides is 4. The molecule has 1 heterocycles. The van der Waals surface area contributed by atoms with Crippen LogP contribution in [-0.2, 0) is 19.9 Å². The van der Waals surface area contributed by atoms with Gasteiger partial charge in [-0.1, -0.05) is 49.4 Å². The van der Waals surface area contributed by atoms with Gasteiger partial charge >= 0.3 is 12.0 Å². The van der Waals surface area contributed by atoms with Crippen LogP contribution in [0.1, 0.15) is 36.2 Å². The van der Waals surface area contributed by atoms with Gasteiger partial charge in [0.2, 0.25) is 5.91 Å². The number of para-hydroxylation sites is 1. The normalized spacial score (nSPS) is 18.1. The summed E-state index contributed by atoms with van der Waals surface area (Å²) in [6.45, 7) is 3.20. The van der Waals surface area contributed by atoms with Gasteiger partial charge in [-0.3, -0.25) is 14.5 Å². The van der Waals surface area contributed by atoms with Crippen LogP contribution in [0.25, 0.3) is 0 Å². The third kappa shape index (κ3) is 3.89. The lowest BCUT2D eigenvalue weighted by atomic mass is 9.87. The van der Waals surface area contributed by atoms with Gasteiger partial charge in [0.05, 0.1) is 17.9 Å². The van der Waals surface area contributed by atoms with Crippen LogP contribution in [0.5, 0.6) is 0 Å². The summed E-state index contributed by atoms with van der Waals surface area (Å²) >= 11 is 0. The van der Waals surface area contributed by atoms with Gasteiger partial charge in [0, 0.05) is 0 Å². The van der Waals surface area contributed by atoms with Crippen LogP contribution in [0.15, 0.2) is 54.6 Å². The lowest BCUT2D eigenvalue weighted by molar-refractivity contribution is -0.134. The van der Waals surface area contributed by atoms with Gasteiger partial charge < -0.3 is 15.4 Å². The largest absolute Gasteiger partial charge is 0.462 e. The summed E-state index contributed by atoms with van der Waals surface area (Å²) in [6.07, 6.45) is 0.339. The molecule has 2 aromatic rings. The molecule has 0 saturated carbocycles. The maximum Gasteiger partial charge on any atom is 0.340 e. The van der Waals surface area contributed by atoms with E-state index in [1.807, 2.05) is 6.07 Å². The Hall–Kier alpha value is -3.68. The van der Waals surface area contributed by atoms with Gasteiger partial charge in [-0.2, -0.15) is 0 Å². The topological polar surface area (TPSA) is 105 Å². The number of hydrogen-bond donors (Lipinski definition) is 2.